The van der Waals surface area contributed by atoms with Crippen LogP contribution in [0.3, 0.4) is 0 Å². The first kappa shape index (κ1) is 6.12. The minimum atomic E-state index is 1.00. The maximum Gasteiger partial charge on any atom is -0.0417 e. The van der Waals surface area contributed by atoms with Crippen LogP contribution in [-0.2, 0) is 0 Å². The Hall–Kier alpha value is 0. The molecule has 0 aliphatic heterocycles. The highest BCUT2D eigenvalue weighted by Crippen LogP contribution is 2.28. The molecule has 1 unspecified atom stereocenters. The van der Waals surface area contributed by atoms with Gasteiger partial charge in [0.15, 0.2) is 0 Å². The van der Waals surface area contributed by atoms with Gasteiger partial charge in [-0.1, -0.05) is 39.5 Å². The molecule has 0 bridgehead atoms. The smallest absolute Gasteiger partial charge is 0.0417 e. The van der Waals surface area contributed by atoms with E-state index in [0.717, 1.165) is 11.8 Å². The zero-order valence-corrected chi connectivity index (χ0v) is 5.98. The van der Waals surface area contributed by atoms with Gasteiger partial charge in [-0.25, -0.2) is 0 Å². The summed E-state index contributed by atoms with van der Waals surface area (Å²) in [7, 11) is 0. The van der Waals surface area contributed by atoms with Gasteiger partial charge in [0, 0.05) is 0 Å². The highest BCUT2D eigenvalue weighted by molar-refractivity contribution is 4.67. The largest absolute Gasteiger partial charge is 0.0623 e. The van der Waals surface area contributed by atoms with Crippen molar-refractivity contribution in [3.05, 3.63) is 0 Å². The van der Waals surface area contributed by atoms with Gasteiger partial charge in [-0.05, 0) is 11.8 Å². The van der Waals surface area contributed by atoms with Gasteiger partial charge in [0.25, 0.3) is 0 Å². The Balaban J connectivity index is 2.28. The van der Waals surface area contributed by atoms with E-state index in [4.69, 9.17) is 0 Å². The molecule has 1 aliphatic carbocycles. The Morgan fingerprint density at radius 1 is 0.875 bits per heavy atom. The van der Waals surface area contributed by atoms with Crippen LogP contribution >= 0.6 is 0 Å². The number of hydrogen-bond acceptors (Lipinski definition) is 0. The van der Waals surface area contributed by atoms with E-state index in [2.05, 4.69) is 13.8 Å². The second-order valence-corrected chi connectivity index (χ2v) is 3.24. The van der Waals surface area contributed by atoms with Crippen molar-refractivity contribution >= 4 is 0 Å². The van der Waals surface area contributed by atoms with E-state index < -0.39 is 0 Å². The molecule has 0 heterocycles. The lowest BCUT2D eigenvalue weighted by Gasteiger charge is -2.24. The molecule has 0 aromatic rings. The molecule has 0 N–H and O–H groups in total. The Bertz CT molecular complexity index is 56.4. The van der Waals surface area contributed by atoms with Gasteiger partial charge in [0.05, 0.1) is 0 Å². The van der Waals surface area contributed by atoms with Crippen molar-refractivity contribution in [1.82, 2.24) is 0 Å². The highest BCUT2D eigenvalue weighted by atomic mass is 14.2. The van der Waals surface area contributed by atoms with Crippen molar-refractivity contribution in [1.29, 1.82) is 0 Å². The molecule has 1 rings (SSSR count). The summed E-state index contributed by atoms with van der Waals surface area (Å²) in [5.41, 5.74) is 0. The van der Waals surface area contributed by atoms with Crippen LogP contribution in [0.5, 0.6) is 0 Å². The minimum absolute atomic E-state index is 1.00. The van der Waals surface area contributed by atoms with Crippen molar-refractivity contribution in [2.45, 2.75) is 39.5 Å². The summed E-state index contributed by atoms with van der Waals surface area (Å²) < 4.78 is 0. The molecular formula is C8H16. The van der Waals surface area contributed by atoms with Crippen molar-refractivity contribution < 1.29 is 0 Å². The Kier molecular flexibility index (Phi) is 1.93. The lowest BCUT2D eigenvalue weighted by atomic mass is 9.82. The van der Waals surface area contributed by atoms with E-state index in [0.29, 0.717) is 0 Å². The van der Waals surface area contributed by atoms with Crippen LogP contribution in [0.1, 0.15) is 39.5 Å². The van der Waals surface area contributed by atoms with Crippen LogP contribution in [0.4, 0.5) is 0 Å². The zero-order valence-electron chi connectivity index (χ0n) is 5.98. The summed E-state index contributed by atoms with van der Waals surface area (Å²) >= 11 is 0. The van der Waals surface area contributed by atoms with Crippen LogP contribution in [0, 0.1) is 11.8 Å². The van der Waals surface area contributed by atoms with Crippen molar-refractivity contribution in [2.24, 2.45) is 11.8 Å². The molecule has 0 saturated heterocycles. The molecule has 2 atom stereocenters. The van der Waals surface area contributed by atoms with Crippen LogP contribution in [0.2, 0.25) is 0 Å². The van der Waals surface area contributed by atoms with E-state index >= 15 is 0 Å². The third-order valence-corrected chi connectivity index (χ3v) is 2.54. The molecule has 1 fully saturated rings. The first-order chi connectivity index (χ1) is 3.80. The Morgan fingerprint density at radius 3 is 1.50 bits per heavy atom. The fourth-order valence-corrected chi connectivity index (χ4v) is 1.50. The average molecular weight is 112 g/mol. The summed E-state index contributed by atoms with van der Waals surface area (Å²) in [6.45, 7) is 4.76. The molecular weight excluding hydrogens is 96.1 g/mol. The maximum atomic E-state index is 2.38. The van der Waals surface area contributed by atoms with E-state index in [1.54, 1.807) is 0 Å². The van der Waals surface area contributed by atoms with E-state index in [1.807, 2.05) is 0 Å². The molecule has 0 aromatic carbocycles. The Labute approximate surface area is 52.3 Å². The quantitative estimate of drug-likeness (QED) is 0.452. The van der Waals surface area contributed by atoms with Gasteiger partial charge >= 0.3 is 0 Å². The molecule has 0 radical (unpaired) electrons. The third kappa shape index (κ3) is 1.24. The van der Waals surface area contributed by atoms with Gasteiger partial charge in [-0.15, -0.1) is 0 Å². The first-order valence-corrected chi connectivity index (χ1v) is 3.80. The molecule has 0 heteroatoms. The summed E-state index contributed by atoms with van der Waals surface area (Å²) in [4.78, 5) is 0. The maximum absolute atomic E-state index is 2.38. The van der Waals surface area contributed by atoms with Crippen LogP contribution < -0.4 is 0 Å². The van der Waals surface area contributed by atoms with E-state index in [9.17, 15) is 0 Å². The van der Waals surface area contributed by atoms with Crippen molar-refractivity contribution in [3.63, 3.8) is 0 Å². The standard InChI is InChI=1S/C8H16/c1-7-5-3-4-6-8(7)2/h7-8H,3-6H2,1-2H3/t7-,8?/m1/s1. The number of hydrogen-bond donors (Lipinski definition) is 0. The molecule has 1 aliphatic rings. The topological polar surface area (TPSA) is 0 Å². The molecule has 1 saturated carbocycles. The van der Waals surface area contributed by atoms with Gasteiger partial charge < -0.3 is 0 Å². The van der Waals surface area contributed by atoms with Gasteiger partial charge in [-0.2, -0.15) is 0 Å². The van der Waals surface area contributed by atoms with Crippen LogP contribution in [0.15, 0.2) is 0 Å². The average Bonchev–Trinajstić information content (AvgIpc) is 1.77. The lowest BCUT2D eigenvalue weighted by Crippen LogP contribution is -2.12. The molecule has 0 spiro atoms. The monoisotopic (exact) mass is 112 g/mol. The SMILES string of the molecule is CC1CCCC[C@H]1C. The summed E-state index contributed by atoms with van der Waals surface area (Å²) in [6.07, 6.45) is 5.90. The second-order valence-electron chi connectivity index (χ2n) is 3.24. The fourth-order valence-electron chi connectivity index (χ4n) is 1.50. The molecule has 0 nitrogen and oxygen atoms in total. The fraction of sp³-hybridized carbons (Fsp3) is 1.00. The second kappa shape index (κ2) is 2.52. The molecule has 8 heavy (non-hydrogen) atoms. The van der Waals surface area contributed by atoms with Crippen LogP contribution in [-0.4, -0.2) is 0 Å². The molecule has 0 amide bonds. The van der Waals surface area contributed by atoms with Crippen molar-refractivity contribution in [2.75, 3.05) is 0 Å². The van der Waals surface area contributed by atoms with Gasteiger partial charge in [-0.3, -0.25) is 0 Å². The van der Waals surface area contributed by atoms with Gasteiger partial charge in [0.1, 0.15) is 0 Å². The molecule has 0 aromatic heterocycles. The first-order valence-electron chi connectivity index (χ1n) is 3.80. The summed E-state index contributed by atoms with van der Waals surface area (Å²) in [6, 6.07) is 0. The Morgan fingerprint density at radius 2 is 1.25 bits per heavy atom. The van der Waals surface area contributed by atoms with Crippen molar-refractivity contribution in [3.8, 4) is 0 Å². The normalized spacial score (nSPS) is 39.8. The summed E-state index contributed by atoms with van der Waals surface area (Å²) in [5, 5.41) is 0. The van der Waals surface area contributed by atoms with E-state index in [1.165, 1.54) is 25.7 Å². The number of rotatable bonds is 0. The minimum Gasteiger partial charge on any atom is -0.0623 e. The zero-order chi connectivity index (χ0) is 5.98. The third-order valence-electron chi connectivity index (χ3n) is 2.54. The predicted molar refractivity (Wildman–Crippen MR) is 36.8 cm³/mol. The molecule has 48 valence electrons. The van der Waals surface area contributed by atoms with E-state index in [-0.39, 0.29) is 0 Å². The highest BCUT2D eigenvalue weighted by Gasteiger charge is 2.15. The van der Waals surface area contributed by atoms with Gasteiger partial charge in [0.2, 0.25) is 0 Å². The summed E-state index contributed by atoms with van der Waals surface area (Å²) in [5.74, 6) is 2.01. The lowest BCUT2D eigenvalue weighted by molar-refractivity contribution is 0.277. The predicted octanol–water partition coefficient (Wildman–Crippen LogP) is 2.83. The van der Waals surface area contributed by atoms with Crippen LogP contribution in [0.25, 0.3) is 0 Å².